The molecule has 1 fully saturated rings. The summed E-state index contributed by atoms with van der Waals surface area (Å²) in [6.45, 7) is 4.61. The maximum Gasteiger partial charge on any atom is 0.168 e. The number of benzene rings is 2. The summed E-state index contributed by atoms with van der Waals surface area (Å²) in [5.74, 6) is 0.707. The number of pyridine rings is 1. The Morgan fingerprint density at radius 1 is 1.00 bits per heavy atom. The Kier molecular flexibility index (Phi) is 5.12. The summed E-state index contributed by atoms with van der Waals surface area (Å²) in [6.07, 6.45) is 1.73. The molecule has 0 N–H and O–H groups in total. The predicted octanol–water partition coefficient (Wildman–Crippen LogP) is 3.55. The molecule has 0 spiro atoms. The highest BCUT2D eigenvalue weighted by molar-refractivity contribution is 5.95. The maximum atomic E-state index is 13.0. The molecule has 4 nitrogen and oxygen atoms in total. The lowest BCUT2D eigenvalue weighted by Gasteiger charge is -2.36. The number of rotatable bonds is 5. The smallest absolute Gasteiger partial charge is 0.168 e. The highest BCUT2D eigenvalue weighted by Crippen LogP contribution is 2.26. The van der Waals surface area contributed by atoms with Gasteiger partial charge < -0.3 is 4.90 Å². The van der Waals surface area contributed by atoms with Crippen molar-refractivity contribution in [1.82, 2.24) is 9.88 Å². The highest BCUT2D eigenvalue weighted by Gasteiger charge is 2.20. The second kappa shape index (κ2) is 7.84. The quantitative estimate of drug-likeness (QED) is 0.650. The van der Waals surface area contributed by atoms with E-state index < -0.39 is 0 Å². The Morgan fingerprint density at radius 2 is 1.74 bits per heavy atom. The molecule has 0 unspecified atom stereocenters. The number of piperazine rings is 1. The average Bonchev–Trinajstić information content (AvgIpc) is 2.73. The summed E-state index contributed by atoms with van der Waals surface area (Å²) in [4.78, 5) is 20.5. The van der Waals surface area contributed by atoms with Crippen LogP contribution in [0.25, 0.3) is 10.8 Å². The van der Waals surface area contributed by atoms with E-state index in [1.807, 2.05) is 36.4 Å². The van der Waals surface area contributed by atoms with Gasteiger partial charge in [-0.3, -0.25) is 9.69 Å². The van der Waals surface area contributed by atoms with E-state index in [9.17, 15) is 9.18 Å². The number of hydrogen-bond donors (Lipinski definition) is 0. The van der Waals surface area contributed by atoms with Gasteiger partial charge in [-0.2, -0.15) is 0 Å². The van der Waals surface area contributed by atoms with Gasteiger partial charge in [0.25, 0.3) is 0 Å². The summed E-state index contributed by atoms with van der Waals surface area (Å²) in [5, 5.41) is 2.13. The van der Waals surface area contributed by atoms with Crippen LogP contribution in [0.15, 0.2) is 54.6 Å². The van der Waals surface area contributed by atoms with Crippen LogP contribution in [0.5, 0.6) is 0 Å². The van der Waals surface area contributed by atoms with Crippen LogP contribution in [-0.4, -0.2) is 48.9 Å². The third-order valence-corrected chi connectivity index (χ3v) is 5.16. The van der Waals surface area contributed by atoms with Gasteiger partial charge in [0.2, 0.25) is 0 Å². The van der Waals surface area contributed by atoms with Crippen molar-refractivity contribution in [2.75, 3.05) is 37.6 Å². The van der Waals surface area contributed by atoms with Crippen molar-refractivity contribution in [3.05, 3.63) is 71.7 Å². The van der Waals surface area contributed by atoms with Gasteiger partial charge in [-0.05, 0) is 35.6 Å². The van der Waals surface area contributed by atoms with Crippen molar-refractivity contribution in [3.63, 3.8) is 0 Å². The number of halogens is 1. The fourth-order valence-electron chi connectivity index (χ4n) is 3.62. The molecule has 1 aromatic heterocycles. The molecule has 3 aromatic rings. The maximum absolute atomic E-state index is 13.0. The standard InChI is InChI=1S/C22H22FN3O/c23-19-7-5-17(6-8-19)9-10-25-11-13-26(14-12-25)22-21-4-2-1-3-18(21)15-20(16-27)24-22/h1-8,15-16H,9-14H2. The third kappa shape index (κ3) is 3.98. The van der Waals surface area contributed by atoms with E-state index in [4.69, 9.17) is 0 Å². The topological polar surface area (TPSA) is 36.4 Å². The lowest BCUT2D eigenvalue weighted by atomic mass is 10.1. The van der Waals surface area contributed by atoms with Crippen LogP contribution in [0.4, 0.5) is 10.2 Å². The Hall–Kier alpha value is -2.79. The first-order valence-electron chi connectivity index (χ1n) is 9.29. The van der Waals surface area contributed by atoms with Crippen LogP contribution >= 0.6 is 0 Å². The summed E-state index contributed by atoms with van der Waals surface area (Å²) >= 11 is 0. The van der Waals surface area contributed by atoms with Crippen LogP contribution in [-0.2, 0) is 6.42 Å². The van der Waals surface area contributed by atoms with E-state index in [1.165, 1.54) is 12.1 Å². The van der Waals surface area contributed by atoms with Gasteiger partial charge >= 0.3 is 0 Å². The van der Waals surface area contributed by atoms with Crippen molar-refractivity contribution in [2.24, 2.45) is 0 Å². The number of hydrogen-bond acceptors (Lipinski definition) is 4. The SMILES string of the molecule is O=Cc1cc2ccccc2c(N2CCN(CCc3ccc(F)cc3)CC2)n1. The summed E-state index contributed by atoms with van der Waals surface area (Å²) in [6, 6.07) is 16.7. The molecule has 0 amide bonds. The molecule has 0 bridgehead atoms. The number of carbonyl (C=O) groups excluding carboxylic acids is 1. The summed E-state index contributed by atoms with van der Waals surface area (Å²) in [7, 11) is 0. The number of aromatic nitrogens is 1. The van der Waals surface area contributed by atoms with Crippen molar-refractivity contribution in [2.45, 2.75) is 6.42 Å². The third-order valence-electron chi connectivity index (χ3n) is 5.16. The second-order valence-electron chi connectivity index (χ2n) is 6.91. The minimum absolute atomic E-state index is 0.190. The van der Waals surface area contributed by atoms with Gasteiger partial charge in [0, 0.05) is 38.1 Å². The van der Waals surface area contributed by atoms with Crippen LogP contribution in [0.3, 0.4) is 0 Å². The zero-order chi connectivity index (χ0) is 18.6. The number of aldehydes is 1. The Balaban J connectivity index is 1.42. The van der Waals surface area contributed by atoms with Gasteiger partial charge in [-0.15, -0.1) is 0 Å². The Morgan fingerprint density at radius 3 is 2.48 bits per heavy atom. The van der Waals surface area contributed by atoms with Crippen LogP contribution < -0.4 is 4.90 Å². The molecule has 1 aliphatic rings. The van der Waals surface area contributed by atoms with Gasteiger partial charge in [0.05, 0.1) is 0 Å². The molecular formula is C22H22FN3O. The highest BCUT2D eigenvalue weighted by atomic mass is 19.1. The molecule has 0 radical (unpaired) electrons. The predicted molar refractivity (Wildman–Crippen MR) is 106 cm³/mol. The molecule has 1 saturated heterocycles. The van der Waals surface area contributed by atoms with Gasteiger partial charge in [-0.1, -0.05) is 36.4 Å². The zero-order valence-electron chi connectivity index (χ0n) is 15.1. The largest absolute Gasteiger partial charge is 0.354 e. The fourth-order valence-corrected chi connectivity index (χ4v) is 3.62. The molecular weight excluding hydrogens is 341 g/mol. The Labute approximate surface area is 158 Å². The lowest BCUT2D eigenvalue weighted by molar-refractivity contribution is 0.111. The van der Waals surface area contributed by atoms with Crippen molar-refractivity contribution in [3.8, 4) is 0 Å². The van der Waals surface area contributed by atoms with Crippen LogP contribution in [0.1, 0.15) is 16.1 Å². The van der Waals surface area contributed by atoms with E-state index in [1.54, 1.807) is 0 Å². The first-order chi connectivity index (χ1) is 13.2. The second-order valence-corrected chi connectivity index (χ2v) is 6.91. The van der Waals surface area contributed by atoms with Crippen molar-refractivity contribution >= 4 is 22.9 Å². The first kappa shape index (κ1) is 17.6. The van der Waals surface area contributed by atoms with E-state index in [-0.39, 0.29) is 5.82 Å². The molecule has 5 heteroatoms. The van der Waals surface area contributed by atoms with Crippen molar-refractivity contribution in [1.29, 1.82) is 0 Å². The summed E-state index contributed by atoms with van der Waals surface area (Å²) in [5.41, 5.74) is 1.63. The molecule has 0 aliphatic carbocycles. The monoisotopic (exact) mass is 363 g/mol. The summed E-state index contributed by atoms with van der Waals surface area (Å²) < 4.78 is 13.0. The number of fused-ring (bicyclic) bond motifs is 1. The molecule has 0 atom stereocenters. The molecule has 4 rings (SSSR count). The first-order valence-corrected chi connectivity index (χ1v) is 9.29. The minimum Gasteiger partial charge on any atom is -0.354 e. The molecule has 2 heterocycles. The molecule has 138 valence electrons. The lowest BCUT2D eigenvalue weighted by Crippen LogP contribution is -2.47. The zero-order valence-corrected chi connectivity index (χ0v) is 15.1. The van der Waals surface area contributed by atoms with Crippen molar-refractivity contribution < 1.29 is 9.18 Å². The molecule has 0 saturated carbocycles. The van der Waals surface area contributed by atoms with Crippen LogP contribution in [0, 0.1) is 5.82 Å². The number of anilines is 1. The van der Waals surface area contributed by atoms with E-state index >= 15 is 0 Å². The molecule has 2 aromatic carbocycles. The fraction of sp³-hybridized carbons (Fsp3) is 0.273. The van der Waals surface area contributed by atoms with Crippen LogP contribution in [0.2, 0.25) is 0 Å². The average molecular weight is 363 g/mol. The van der Waals surface area contributed by atoms with E-state index in [0.29, 0.717) is 5.69 Å². The number of carbonyl (C=O) groups is 1. The van der Waals surface area contributed by atoms with Gasteiger partial charge in [0.1, 0.15) is 17.3 Å². The molecule has 27 heavy (non-hydrogen) atoms. The minimum atomic E-state index is -0.190. The van der Waals surface area contributed by atoms with Gasteiger partial charge in [0.15, 0.2) is 6.29 Å². The van der Waals surface area contributed by atoms with E-state index in [0.717, 1.165) is 67.6 Å². The van der Waals surface area contributed by atoms with E-state index in [2.05, 4.69) is 20.9 Å². The normalized spacial score (nSPS) is 15.2. The van der Waals surface area contributed by atoms with Gasteiger partial charge in [-0.25, -0.2) is 9.37 Å². The Bertz CT molecular complexity index is 934. The molecule has 1 aliphatic heterocycles. The number of nitrogens with zero attached hydrogens (tertiary/aromatic N) is 3.